The van der Waals surface area contributed by atoms with Gasteiger partial charge in [-0.2, -0.15) is 0 Å². The molecule has 1 aromatic carbocycles. The smallest absolute Gasteiger partial charge is 0.336 e. The molecule has 1 aliphatic heterocycles. The summed E-state index contributed by atoms with van der Waals surface area (Å²) in [7, 11) is 1.26. The van der Waals surface area contributed by atoms with Gasteiger partial charge in [-0.05, 0) is 43.4 Å². The van der Waals surface area contributed by atoms with Crippen molar-refractivity contribution in [3.05, 3.63) is 52.4 Å². The van der Waals surface area contributed by atoms with Crippen molar-refractivity contribution in [3.8, 4) is 5.75 Å². The molecule has 8 nitrogen and oxygen atoms in total. The van der Waals surface area contributed by atoms with Gasteiger partial charge in [0.2, 0.25) is 0 Å². The van der Waals surface area contributed by atoms with Gasteiger partial charge in [0.15, 0.2) is 5.78 Å². The van der Waals surface area contributed by atoms with Crippen molar-refractivity contribution in [2.75, 3.05) is 26.9 Å². The van der Waals surface area contributed by atoms with Crippen LogP contribution in [0.2, 0.25) is 0 Å². The van der Waals surface area contributed by atoms with E-state index in [9.17, 15) is 19.5 Å². The molecule has 0 saturated heterocycles. The Bertz CT molecular complexity index is 994. The Balaban J connectivity index is 2.02. The van der Waals surface area contributed by atoms with E-state index in [-0.39, 0.29) is 36.2 Å². The molecular weight excluding hydrogens is 426 g/mol. The Morgan fingerprint density at radius 3 is 2.64 bits per heavy atom. The van der Waals surface area contributed by atoms with Crippen LogP contribution in [0.25, 0.3) is 0 Å². The number of methoxy groups -OCH3 is 1. The van der Waals surface area contributed by atoms with E-state index >= 15 is 0 Å². The van der Waals surface area contributed by atoms with Gasteiger partial charge in [-0.25, -0.2) is 4.79 Å². The summed E-state index contributed by atoms with van der Waals surface area (Å²) in [4.78, 5) is 39.2. The fourth-order valence-corrected chi connectivity index (χ4v) is 4.51. The average Bonchev–Trinajstić information content (AvgIpc) is 2.77. The minimum absolute atomic E-state index is 0.00710. The third kappa shape index (κ3) is 5.11. The number of hydrogen-bond donors (Lipinski definition) is 2. The number of rotatable bonds is 8. The summed E-state index contributed by atoms with van der Waals surface area (Å²) in [6.45, 7) is 6.49. The summed E-state index contributed by atoms with van der Waals surface area (Å²) in [5.41, 5.74) is 2.39. The second kappa shape index (κ2) is 10.7. The summed E-state index contributed by atoms with van der Waals surface area (Å²) < 4.78 is 15.7. The first-order valence-electron chi connectivity index (χ1n) is 11.2. The average molecular weight is 458 g/mol. The van der Waals surface area contributed by atoms with E-state index < -0.39 is 23.8 Å². The molecule has 0 amide bonds. The molecule has 33 heavy (non-hydrogen) atoms. The van der Waals surface area contributed by atoms with Crippen LogP contribution >= 0.6 is 0 Å². The number of ether oxygens (including phenoxy) is 3. The number of phenolic OH excluding ortho intramolecular Hbond substituents is 1. The topological polar surface area (TPSA) is 111 Å². The van der Waals surface area contributed by atoms with Gasteiger partial charge in [-0.3, -0.25) is 9.59 Å². The molecule has 0 saturated carbocycles. The number of ketones is 1. The minimum Gasteiger partial charge on any atom is -0.508 e. The summed E-state index contributed by atoms with van der Waals surface area (Å²) >= 11 is 0. The number of allylic oxidation sites excluding steroid dienone is 3. The molecule has 2 N–H and O–H groups in total. The van der Waals surface area contributed by atoms with Gasteiger partial charge in [0.05, 0.1) is 19.3 Å². The Labute approximate surface area is 193 Å². The summed E-state index contributed by atoms with van der Waals surface area (Å²) in [5.74, 6) is -3.58. The normalized spacial score (nSPS) is 22.5. The number of dihydropyridines is 1. The van der Waals surface area contributed by atoms with Crippen molar-refractivity contribution < 1.29 is 33.7 Å². The molecule has 3 atom stereocenters. The molecule has 0 aromatic heterocycles. The van der Waals surface area contributed by atoms with Crippen molar-refractivity contribution in [3.63, 3.8) is 0 Å². The van der Waals surface area contributed by atoms with Crippen molar-refractivity contribution >= 4 is 17.7 Å². The van der Waals surface area contributed by atoms with E-state index in [1.54, 1.807) is 19.1 Å². The van der Waals surface area contributed by atoms with Gasteiger partial charge < -0.3 is 24.6 Å². The zero-order chi connectivity index (χ0) is 24.1. The second-order valence-corrected chi connectivity index (χ2v) is 8.38. The van der Waals surface area contributed by atoms with Crippen molar-refractivity contribution in [1.82, 2.24) is 5.32 Å². The molecule has 3 rings (SSSR count). The largest absolute Gasteiger partial charge is 0.508 e. The molecule has 0 spiro atoms. The minimum atomic E-state index is -0.964. The summed E-state index contributed by atoms with van der Waals surface area (Å²) in [6.07, 6.45) is 1.31. The van der Waals surface area contributed by atoms with E-state index in [2.05, 4.69) is 5.32 Å². The first kappa shape index (κ1) is 24.5. The van der Waals surface area contributed by atoms with Crippen molar-refractivity contribution in [2.24, 2.45) is 11.8 Å². The van der Waals surface area contributed by atoms with Gasteiger partial charge in [0, 0.05) is 29.5 Å². The summed E-state index contributed by atoms with van der Waals surface area (Å²) in [5, 5.41) is 13.3. The SMILES string of the molecule is CCCOCCOC(=O)C1=C(C)NC2=C(C(=O)[C@@H](C(=O)OC)[C@H](C)C2)[C@@H]1c1cccc(O)c1. The number of phenols is 1. The van der Waals surface area contributed by atoms with Crippen LogP contribution < -0.4 is 5.32 Å². The van der Waals surface area contributed by atoms with E-state index in [0.29, 0.717) is 35.6 Å². The number of nitrogens with one attached hydrogen (secondary N) is 1. The van der Waals surface area contributed by atoms with Gasteiger partial charge >= 0.3 is 11.9 Å². The molecule has 0 fully saturated rings. The molecule has 2 aliphatic rings. The number of esters is 2. The lowest BCUT2D eigenvalue weighted by Gasteiger charge is -2.38. The van der Waals surface area contributed by atoms with Gasteiger partial charge in [0.1, 0.15) is 18.3 Å². The van der Waals surface area contributed by atoms with Crippen LogP contribution in [0, 0.1) is 11.8 Å². The zero-order valence-electron chi connectivity index (χ0n) is 19.5. The van der Waals surface area contributed by atoms with E-state index in [1.807, 2.05) is 13.8 Å². The monoisotopic (exact) mass is 457 g/mol. The number of carbonyl (C=O) groups excluding carboxylic acids is 3. The molecule has 1 aliphatic carbocycles. The van der Waals surface area contributed by atoms with E-state index in [4.69, 9.17) is 14.2 Å². The predicted octanol–water partition coefficient (Wildman–Crippen LogP) is 2.98. The van der Waals surface area contributed by atoms with Crippen molar-refractivity contribution in [1.29, 1.82) is 0 Å². The zero-order valence-corrected chi connectivity index (χ0v) is 19.5. The lowest BCUT2D eigenvalue weighted by Crippen LogP contribution is -2.43. The Kier molecular flexibility index (Phi) is 7.92. The second-order valence-electron chi connectivity index (χ2n) is 8.38. The number of Topliss-reactive ketones (excluding diaryl/α,β-unsaturated/α-hetero) is 1. The molecule has 178 valence electrons. The van der Waals surface area contributed by atoms with E-state index in [0.717, 1.165) is 6.42 Å². The Morgan fingerprint density at radius 2 is 1.97 bits per heavy atom. The maximum Gasteiger partial charge on any atom is 0.336 e. The summed E-state index contributed by atoms with van der Waals surface area (Å²) in [6, 6.07) is 6.42. The van der Waals surface area contributed by atoms with Crippen LogP contribution in [0.1, 0.15) is 45.1 Å². The maximum atomic E-state index is 13.6. The highest BCUT2D eigenvalue weighted by atomic mass is 16.6. The number of aromatic hydroxyl groups is 1. The first-order chi connectivity index (χ1) is 15.8. The van der Waals surface area contributed by atoms with Gasteiger partial charge in [-0.15, -0.1) is 0 Å². The highest BCUT2D eigenvalue weighted by molar-refractivity contribution is 6.12. The highest BCUT2D eigenvalue weighted by Gasteiger charge is 2.47. The van der Waals surface area contributed by atoms with Gasteiger partial charge in [0.25, 0.3) is 0 Å². The third-order valence-electron chi connectivity index (χ3n) is 5.98. The van der Waals surface area contributed by atoms with E-state index in [1.165, 1.54) is 19.2 Å². The van der Waals surface area contributed by atoms with Crippen LogP contribution in [0.15, 0.2) is 46.8 Å². The van der Waals surface area contributed by atoms with Crippen LogP contribution in [0.4, 0.5) is 0 Å². The Morgan fingerprint density at radius 1 is 1.21 bits per heavy atom. The van der Waals surface area contributed by atoms with Crippen LogP contribution in [0.3, 0.4) is 0 Å². The van der Waals surface area contributed by atoms with Crippen LogP contribution in [-0.2, 0) is 28.6 Å². The molecule has 0 bridgehead atoms. The number of benzene rings is 1. The maximum absolute atomic E-state index is 13.6. The predicted molar refractivity (Wildman–Crippen MR) is 120 cm³/mol. The molecule has 0 radical (unpaired) electrons. The van der Waals surface area contributed by atoms with Gasteiger partial charge in [-0.1, -0.05) is 26.0 Å². The Hall–Kier alpha value is -3.13. The van der Waals surface area contributed by atoms with Crippen LogP contribution in [0.5, 0.6) is 5.75 Å². The quantitative estimate of drug-likeness (QED) is 0.348. The fourth-order valence-electron chi connectivity index (χ4n) is 4.51. The standard InChI is InChI=1S/C25H31NO7/c1-5-9-32-10-11-33-25(30)20-15(3)26-18-12-14(2)19(24(29)31-4)23(28)22(18)21(20)16-7-6-8-17(27)13-16/h6-8,13-14,19,21,26-27H,5,9-12H2,1-4H3/t14-,19+,21-/m1/s1. The third-order valence-corrected chi connectivity index (χ3v) is 5.98. The molecule has 1 aromatic rings. The molecule has 0 unspecified atom stereocenters. The highest BCUT2D eigenvalue weighted by Crippen LogP contribution is 2.45. The lowest BCUT2D eigenvalue weighted by molar-refractivity contribution is -0.151. The molecule has 8 heteroatoms. The fraction of sp³-hybridized carbons (Fsp3) is 0.480. The van der Waals surface area contributed by atoms with Crippen molar-refractivity contribution in [2.45, 2.75) is 39.5 Å². The number of carbonyl (C=O) groups is 3. The molecular formula is C25H31NO7. The lowest BCUT2D eigenvalue weighted by atomic mass is 9.69. The van der Waals surface area contributed by atoms with Crippen LogP contribution in [-0.4, -0.2) is 49.8 Å². The molecule has 1 heterocycles. The number of hydrogen-bond acceptors (Lipinski definition) is 8. The first-order valence-corrected chi connectivity index (χ1v) is 11.2.